The molecule has 2 aliphatic heterocycles. The number of fused-ring (bicyclic) bond motifs is 1. The monoisotopic (exact) mass is 411 g/mol. The van der Waals surface area contributed by atoms with Crippen molar-refractivity contribution in [3.63, 3.8) is 0 Å². The van der Waals surface area contributed by atoms with Gasteiger partial charge in [0.25, 0.3) is 0 Å². The van der Waals surface area contributed by atoms with Crippen molar-refractivity contribution >= 4 is 28.8 Å². The molecule has 6 heteroatoms. The molecule has 1 fully saturated rings. The average molecular weight is 412 g/mol. The van der Waals surface area contributed by atoms with E-state index in [2.05, 4.69) is 18.4 Å². The summed E-state index contributed by atoms with van der Waals surface area (Å²) < 4.78 is 0. The predicted molar refractivity (Wildman–Crippen MR) is 117 cm³/mol. The molecule has 29 heavy (non-hydrogen) atoms. The maximum atomic E-state index is 13.2. The largest absolute Gasteiger partial charge is 0.334 e. The highest BCUT2D eigenvalue weighted by Crippen LogP contribution is 2.35. The van der Waals surface area contributed by atoms with E-state index < -0.39 is 0 Å². The van der Waals surface area contributed by atoms with E-state index in [-0.39, 0.29) is 30.4 Å². The normalized spacial score (nSPS) is 22.1. The fourth-order valence-corrected chi connectivity index (χ4v) is 5.61. The fourth-order valence-electron chi connectivity index (χ4n) is 4.68. The van der Waals surface area contributed by atoms with Crippen LogP contribution in [0.25, 0.3) is 0 Å². The Morgan fingerprint density at radius 1 is 1.21 bits per heavy atom. The zero-order chi connectivity index (χ0) is 20.4. The Balaban J connectivity index is 1.44. The number of thiophene rings is 1. The summed E-state index contributed by atoms with van der Waals surface area (Å²) in [5.74, 6) is 0.226. The van der Waals surface area contributed by atoms with Gasteiger partial charge in [0.2, 0.25) is 11.8 Å². The average Bonchev–Trinajstić information content (AvgIpc) is 3.22. The highest BCUT2D eigenvalue weighted by atomic mass is 32.1. The third kappa shape index (κ3) is 3.96. The lowest BCUT2D eigenvalue weighted by molar-refractivity contribution is -0.137. The first-order valence-electron chi connectivity index (χ1n) is 10.5. The number of likely N-dealkylation sites (N-methyl/N-ethyl adjacent to an activating group) is 1. The maximum Gasteiger partial charge on any atom is 0.244 e. The van der Waals surface area contributed by atoms with Gasteiger partial charge in [-0.1, -0.05) is 25.1 Å². The van der Waals surface area contributed by atoms with Gasteiger partial charge in [0.15, 0.2) is 0 Å². The van der Waals surface area contributed by atoms with Crippen molar-refractivity contribution in [2.45, 2.75) is 44.7 Å². The van der Waals surface area contributed by atoms with E-state index in [1.807, 2.05) is 52.1 Å². The van der Waals surface area contributed by atoms with Crippen LogP contribution < -0.4 is 4.90 Å². The van der Waals surface area contributed by atoms with Gasteiger partial charge in [-0.2, -0.15) is 0 Å². The molecule has 5 nitrogen and oxygen atoms in total. The number of carbonyl (C=O) groups excluding carboxylic acids is 2. The summed E-state index contributed by atoms with van der Waals surface area (Å²) in [6, 6.07) is 11.9. The van der Waals surface area contributed by atoms with E-state index >= 15 is 0 Å². The van der Waals surface area contributed by atoms with E-state index in [1.165, 1.54) is 10.4 Å². The number of para-hydroxylation sites is 1. The van der Waals surface area contributed by atoms with E-state index in [9.17, 15) is 9.59 Å². The van der Waals surface area contributed by atoms with Gasteiger partial charge in [0.1, 0.15) is 0 Å². The standard InChI is InChI=1S/C23H29N3O2S/c1-3-19-18-12-15-29-21(18)11-14-26(19)22(27)16-24(2)20-10-7-13-25(23(20)28)17-8-5-4-6-9-17/h4-6,8-9,12,15,19-20H,3,7,10-11,13-14,16H2,1-2H3. The molecule has 1 aromatic carbocycles. The molecule has 0 bridgehead atoms. The van der Waals surface area contributed by atoms with Crippen LogP contribution >= 0.6 is 11.3 Å². The van der Waals surface area contributed by atoms with Crippen molar-refractivity contribution in [3.8, 4) is 0 Å². The highest BCUT2D eigenvalue weighted by molar-refractivity contribution is 7.10. The van der Waals surface area contributed by atoms with Crippen molar-refractivity contribution in [3.05, 3.63) is 52.2 Å². The van der Waals surface area contributed by atoms with Gasteiger partial charge in [-0.15, -0.1) is 11.3 Å². The molecule has 0 N–H and O–H groups in total. The lowest BCUT2D eigenvalue weighted by Gasteiger charge is -2.39. The van der Waals surface area contributed by atoms with E-state index in [0.29, 0.717) is 0 Å². The van der Waals surface area contributed by atoms with Crippen LogP contribution in [0.2, 0.25) is 0 Å². The molecule has 2 aromatic rings. The summed E-state index contributed by atoms with van der Waals surface area (Å²) in [5.41, 5.74) is 2.25. The van der Waals surface area contributed by atoms with Crippen LogP contribution in [0.5, 0.6) is 0 Å². The highest BCUT2D eigenvalue weighted by Gasteiger charge is 2.35. The first-order chi connectivity index (χ1) is 14.1. The molecule has 4 rings (SSSR count). The molecular formula is C23H29N3O2S. The quantitative estimate of drug-likeness (QED) is 0.753. The van der Waals surface area contributed by atoms with Gasteiger partial charge in [-0.25, -0.2) is 0 Å². The van der Waals surface area contributed by atoms with Crippen LogP contribution in [0.3, 0.4) is 0 Å². The minimum Gasteiger partial charge on any atom is -0.334 e. The number of hydrogen-bond acceptors (Lipinski definition) is 4. The summed E-state index contributed by atoms with van der Waals surface area (Å²) in [4.78, 5) is 33.6. The van der Waals surface area contributed by atoms with Crippen LogP contribution in [-0.2, 0) is 16.0 Å². The van der Waals surface area contributed by atoms with Gasteiger partial charge in [-0.3, -0.25) is 14.5 Å². The minimum absolute atomic E-state index is 0.101. The number of hydrogen-bond donors (Lipinski definition) is 0. The summed E-state index contributed by atoms with van der Waals surface area (Å²) in [5, 5.41) is 2.13. The zero-order valence-corrected chi connectivity index (χ0v) is 18.0. The predicted octanol–water partition coefficient (Wildman–Crippen LogP) is 3.71. The van der Waals surface area contributed by atoms with Crippen molar-refractivity contribution in [2.75, 3.05) is 31.6 Å². The zero-order valence-electron chi connectivity index (χ0n) is 17.2. The van der Waals surface area contributed by atoms with Crippen molar-refractivity contribution in [1.82, 2.24) is 9.80 Å². The first-order valence-corrected chi connectivity index (χ1v) is 11.4. The summed E-state index contributed by atoms with van der Waals surface area (Å²) in [6.07, 6.45) is 3.60. The Labute approximate surface area is 176 Å². The van der Waals surface area contributed by atoms with Crippen LogP contribution in [-0.4, -0.2) is 54.3 Å². The Morgan fingerprint density at radius 3 is 2.76 bits per heavy atom. The number of piperidine rings is 1. The topological polar surface area (TPSA) is 43.9 Å². The van der Waals surface area contributed by atoms with Crippen molar-refractivity contribution in [2.24, 2.45) is 0 Å². The van der Waals surface area contributed by atoms with E-state index in [0.717, 1.165) is 44.5 Å². The molecule has 1 aromatic heterocycles. The second kappa shape index (κ2) is 8.67. The summed E-state index contributed by atoms with van der Waals surface area (Å²) in [6.45, 7) is 3.94. The van der Waals surface area contributed by atoms with Crippen LogP contribution in [0.4, 0.5) is 5.69 Å². The number of rotatable bonds is 5. The van der Waals surface area contributed by atoms with Gasteiger partial charge in [0, 0.05) is 23.7 Å². The number of amides is 2. The molecule has 154 valence electrons. The number of carbonyl (C=O) groups is 2. The number of benzene rings is 1. The molecule has 0 saturated carbocycles. The Morgan fingerprint density at radius 2 is 2.00 bits per heavy atom. The Bertz CT molecular complexity index is 866. The molecule has 0 radical (unpaired) electrons. The SMILES string of the molecule is CCC1c2ccsc2CCN1C(=O)CN(C)C1CCCN(c2ccccc2)C1=O. The maximum absolute atomic E-state index is 13.2. The molecular weight excluding hydrogens is 382 g/mol. The summed E-state index contributed by atoms with van der Waals surface area (Å²) in [7, 11) is 1.91. The molecule has 0 spiro atoms. The molecule has 2 aliphatic rings. The smallest absolute Gasteiger partial charge is 0.244 e. The second-order valence-electron chi connectivity index (χ2n) is 7.96. The lowest BCUT2D eigenvalue weighted by atomic mass is 9.97. The molecule has 3 heterocycles. The van der Waals surface area contributed by atoms with Gasteiger partial charge in [0.05, 0.1) is 18.6 Å². The van der Waals surface area contributed by atoms with Gasteiger partial charge < -0.3 is 9.80 Å². The molecule has 1 saturated heterocycles. The first kappa shape index (κ1) is 20.1. The fraction of sp³-hybridized carbons (Fsp3) is 0.478. The Kier molecular flexibility index (Phi) is 6.01. The van der Waals surface area contributed by atoms with E-state index in [4.69, 9.17) is 0 Å². The van der Waals surface area contributed by atoms with E-state index in [1.54, 1.807) is 11.3 Å². The molecule has 2 unspecified atom stereocenters. The molecule has 2 atom stereocenters. The van der Waals surface area contributed by atoms with Crippen LogP contribution in [0.1, 0.15) is 42.7 Å². The van der Waals surface area contributed by atoms with Gasteiger partial charge >= 0.3 is 0 Å². The number of anilines is 1. The minimum atomic E-state index is -0.241. The van der Waals surface area contributed by atoms with Crippen LogP contribution in [0.15, 0.2) is 41.8 Å². The molecule has 0 aliphatic carbocycles. The summed E-state index contributed by atoms with van der Waals surface area (Å²) >= 11 is 1.79. The van der Waals surface area contributed by atoms with Crippen molar-refractivity contribution < 1.29 is 9.59 Å². The molecule has 2 amide bonds. The third-order valence-electron chi connectivity index (χ3n) is 6.20. The lowest BCUT2D eigenvalue weighted by Crippen LogP contribution is -2.54. The Hall–Kier alpha value is -2.18. The van der Waals surface area contributed by atoms with Crippen molar-refractivity contribution in [1.29, 1.82) is 0 Å². The van der Waals surface area contributed by atoms with Gasteiger partial charge in [-0.05, 0) is 61.9 Å². The van der Waals surface area contributed by atoms with Crippen LogP contribution in [0, 0.1) is 0 Å². The second-order valence-corrected chi connectivity index (χ2v) is 8.96. The number of nitrogens with zero attached hydrogens (tertiary/aromatic N) is 3. The third-order valence-corrected chi connectivity index (χ3v) is 7.19.